The number of aliphatic hydroxyl groups excluding tert-OH is 1. The van der Waals surface area contributed by atoms with E-state index in [9.17, 15) is 18.3 Å². The van der Waals surface area contributed by atoms with E-state index in [-0.39, 0.29) is 35.7 Å². The van der Waals surface area contributed by atoms with Crippen LogP contribution in [-0.4, -0.2) is 81.2 Å². The van der Waals surface area contributed by atoms with Crippen LogP contribution in [-0.2, 0) is 19.6 Å². The number of hydrogen-bond acceptors (Lipinski definition) is 6. The Morgan fingerprint density at radius 3 is 2.40 bits per heavy atom. The van der Waals surface area contributed by atoms with E-state index < -0.39 is 16.1 Å². The number of carbonyl (C=O) groups excluding carboxylic acids is 1. The second kappa shape index (κ2) is 13.0. The van der Waals surface area contributed by atoms with E-state index in [0.717, 1.165) is 32.1 Å². The lowest BCUT2D eigenvalue weighted by molar-refractivity contribution is -0.137. The van der Waals surface area contributed by atoms with Gasteiger partial charge in [0.15, 0.2) is 0 Å². The molecule has 1 heterocycles. The van der Waals surface area contributed by atoms with Crippen molar-refractivity contribution in [1.82, 2.24) is 9.21 Å². The fraction of sp³-hybridized carbons (Fsp3) is 0.731. The number of aliphatic hydroxyl groups is 1. The van der Waals surface area contributed by atoms with Gasteiger partial charge in [-0.15, -0.1) is 0 Å². The SMILES string of the molecule is COc1ccc(S(=O)(=O)N(CC2CCCC2)C[C@@H](O)CN(CCC(C)C)C(=O)[C@H]2CCOC2)cc1. The summed E-state index contributed by atoms with van der Waals surface area (Å²) in [6.45, 7) is 6.17. The molecule has 0 aromatic heterocycles. The zero-order chi connectivity index (χ0) is 25.4. The third-order valence-electron chi connectivity index (χ3n) is 7.05. The van der Waals surface area contributed by atoms with Crippen molar-refractivity contribution in [3.05, 3.63) is 24.3 Å². The summed E-state index contributed by atoms with van der Waals surface area (Å²) in [4.78, 5) is 15.0. The van der Waals surface area contributed by atoms with Crippen LogP contribution in [0.2, 0.25) is 0 Å². The molecule has 0 radical (unpaired) electrons. The Morgan fingerprint density at radius 1 is 1.14 bits per heavy atom. The number of sulfonamides is 1. The molecule has 2 aliphatic rings. The van der Waals surface area contributed by atoms with Crippen molar-refractivity contribution in [3.63, 3.8) is 0 Å². The quantitative estimate of drug-likeness (QED) is 0.438. The van der Waals surface area contributed by atoms with Gasteiger partial charge in [0, 0.05) is 32.8 Å². The lowest BCUT2D eigenvalue weighted by Gasteiger charge is -2.31. The zero-order valence-electron chi connectivity index (χ0n) is 21.4. The number of benzene rings is 1. The summed E-state index contributed by atoms with van der Waals surface area (Å²) in [5, 5.41) is 11.1. The highest BCUT2D eigenvalue weighted by molar-refractivity contribution is 7.89. The fourth-order valence-electron chi connectivity index (χ4n) is 4.89. The standard InChI is InChI=1S/C26H42N2O6S/c1-20(2)12-14-27(26(30)22-13-15-34-19-22)17-23(29)18-28(16-21-6-4-5-7-21)35(31,32)25-10-8-24(33-3)9-11-25/h8-11,20-23,29H,4-7,12-19H2,1-3H3/t22-,23-/m0/s1. The Bertz CT molecular complexity index is 893. The Kier molecular flexibility index (Phi) is 10.4. The number of carbonyl (C=O) groups is 1. The first-order chi connectivity index (χ1) is 16.7. The van der Waals surface area contributed by atoms with Gasteiger partial charge in [0.05, 0.1) is 30.6 Å². The van der Waals surface area contributed by atoms with Gasteiger partial charge in [-0.25, -0.2) is 8.42 Å². The minimum Gasteiger partial charge on any atom is -0.497 e. The van der Waals surface area contributed by atoms with Crippen molar-refractivity contribution in [2.45, 2.75) is 63.4 Å². The minimum absolute atomic E-state index is 0.0115. The molecule has 0 bridgehead atoms. The number of nitrogens with zero attached hydrogens (tertiary/aromatic N) is 2. The van der Waals surface area contributed by atoms with Gasteiger partial charge in [-0.2, -0.15) is 4.31 Å². The highest BCUT2D eigenvalue weighted by Crippen LogP contribution is 2.28. The number of methoxy groups -OCH3 is 1. The Balaban J connectivity index is 1.75. The molecule has 3 rings (SSSR count). The third kappa shape index (κ3) is 7.90. The van der Waals surface area contributed by atoms with Crippen LogP contribution in [0.25, 0.3) is 0 Å². The van der Waals surface area contributed by atoms with Crippen LogP contribution in [0.15, 0.2) is 29.2 Å². The first-order valence-corrected chi connectivity index (χ1v) is 14.3. The van der Waals surface area contributed by atoms with E-state index in [0.29, 0.717) is 44.4 Å². The normalized spacial score (nSPS) is 20.0. The molecule has 1 saturated carbocycles. The van der Waals surface area contributed by atoms with Crippen LogP contribution in [0.3, 0.4) is 0 Å². The predicted octanol–water partition coefficient (Wildman–Crippen LogP) is 3.15. The average molecular weight is 511 g/mol. The van der Waals surface area contributed by atoms with Crippen LogP contribution in [0.5, 0.6) is 5.75 Å². The van der Waals surface area contributed by atoms with Gasteiger partial charge in [0.1, 0.15) is 5.75 Å². The van der Waals surface area contributed by atoms with Crippen molar-refractivity contribution >= 4 is 15.9 Å². The first-order valence-electron chi connectivity index (χ1n) is 12.9. The molecule has 8 nitrogen and oxygen atoms in total. The van der Waals surface area contributed by atoms with E-state index >= 15 is 0 Å². The predicted molar refractivity (Wildman–Crippen MR) is 135 cm³/mol. The Labute approximate surface area is 210 Å². The lowest BCUT2D eigenvalue weighted by atomic mass is 10.1. The van der Waals surface area contributed by atoms with Crippen molar-refractivity contribution in [1.29, 1.82) is 0 Å². The number of ether oxygens (including phenoxy) is 2. The molecule has 2 fully saturated rings. The second-order valence-corrected chi connectivity index (χ2v) is 12.3. The molecule has 1 amide bonds. The maximum atomic E-state index is 13.6. The van der Waals surface area contributed by atoms with Crippen molar-refractivity contribution in [2.24, 2.45) is 17.8 Å². The van der Waals surface area contributed by atoms with Crippen molar-refractivity contribution in [2.75, 3.05) is 46.5 Å². The van der Waals surface area contributed by atoms with Gasteiger partial charge in [0.2, 0.25) is 15.9 Å². The van der Waals surface area contributed by atoms with Crippen LogP contribution < -0.4 is 4.74 Å². The van der Waals surface area contributed by atoms with E-state index in [1.165, 1.54) is 11.4 Å². The van der Waals surface area contributed by atoms with Gasteiger partial charge < -0.3 is 19.5 Å². The molecular formula is C26H42N2O6S. The molecule has 9 heteroatoms. The largest absolute Gasteiger partial charge is 0.497 e. The molecule has 1 aliphatic heterocycles. The van der Waals surface area contributed by atoms with Crippen LogP contribution in [0.4, 0.5) is 0 Å². The summed E-state index contributed by atoms with van der Waals surface area (Å²) in [5.74, 6) is 1.08. The Morgan fingerprint density at radius 2 is 1.83 bits per heavy atom. The molecule has 2 atom stereocenters. The highest BCUT2D eigenvalue weighted by Gasteiger charge is 2.33. The van der Waals surface area contributed by atoms with Crippen molar-refractivity contribution < 1.29 is 27.8 Å². The van der Waals surface area contributed by atoms with E-state index in [2.05, 4.69) is 13.8 Å². The van der Waals surface area contributed by atoms with Crippen LogP contribution in [0, 0.1) is 17.8 Å². The molecule has 0 unspecified atom stereocenters. The van der Waals surface area contributed by atoms with Gasteiger partial charge in [-0.1, -0.05) is 26.7 Å². The van der Waals surface area contributed by atoms with E-state index in [4.69, 9.17) is 9.47 Å². The van der Waals surface area contributed by atoms with Crippen LogP contribution in [0.1, 0.15) is 52.4 Å². The van der Waals surface area contributed by atoms with E-state index in [1.54, 1.807) is 29.2 Å². The third-order valence-corrected chi connectivity index (χ3v) is 8.89. The summed E-state index contributed by atoms with van der Waals surface area (Å²) in [5.41, 5.74) is 0. The summed E-state index contributed by atoms with van der Waals surface area (Å²) >= 11 is 0. The van der Waals surface area contributed by atoms with Gasteiger partial charge in [0.25, 0.3) is 0 Å². The summed E-state index contributed by atoms with van der Waals surface area (Å²) in [7, 11) is -2.27. The smallest absolute Gasteiger partial charge is 0.243 e. The van der Waals surface area contributed by atoms with Gasteiger partial charge in [-0.3, -0.25) is 4.79 Å². The topological polar surface area (TPSA) is 96.4 Å². The maximum absolute atomic E-state index is 13.6. The second-order valence-electron chi connectivity index (χ2n) is 10.3. The molecule has 0 spiro atoms. The summed E-state index contributed by atoms with van der Waals surface area (Å²) in [6, 6.07) is 6.35. The highest BCUT2D eigenvalue weighted by atomic mass is 32.2. The van der Waals surface area contributed by atoms with Crippen molar-refractivity contribution in [3.8, 4) is 5.75 Å². The zero-order valence-corrected chi connectivity index (χ0v) is 22.2. The maximum Gasteiger partial charge on any atom is 0.243 e. The molecule has 1 aliphatic carbocycles. The monoisotopic (exact) mass is 510 g/mol. The van der Waals surface area contributed by atoms with Crippen LogP contribution >= 0.6 is 0 Å². The minimum atomic E-state index is -3.81. The summed E-state index contributed by atoms with van der Waals surface area (Å²) in [6.07, 6.45) is 4.71. The molecule has 1 aromatic rings. The first kappa shape index (κ1) is 27.9. The Hall–Kier alpha value is -1.68. The molecule has 1 aromatic carbocycles. The average Bonchev–Trinajstić information content (AvgIpc) is 3.55. The summed E-state index contributed by atoms with van der Waals surface area (Å²) < 4.78 is 39.1. The van der Waals surface area contributed by atoms with Gasteiger partial charge >= 0.3 is 0 Å². The van der Waals surface area contributed by atoms with Gasteiger partial charge in [-0.05, 0) is 61.8 Å². The molecular weight excluding hydrogens is 468 g/mol. The fourth-order valence-corrected chi connectivity index (χ4v) is 6.44. The number of amides is 1. The molecule has 1 saturated heterocycles. The number of hydrogen-bond donors (Lipinski definition) is 1. The lowest BCUT2D eigenvalue weighted by Crippen LogP contribution is -2.47. The number of rotatable bonds is 13. The molecule has 35 heavy (non-hydrogen) atoms. The van der Waals surface area contributed by atoms with E-state index in [1.807, 2.05) is 0 Å². The molecule has 198 valence electrons. The molecule has 1 N–H and O–H groups in total.